The largest absolute Gasteiger partial charge is 0.354 e. The van der Waals surface area contributed by atoms with Crippen molar-refractivity contribution >= 4 is 17.2 Å². The van der Waals surface area contributed by atoms with Gasteiger partial charge < -0.3 is 10.2 Å². The Balaban J connectivity index is 1.90. The van der Waals surface area contributed by atoms with Gasteiger partial charge in [0, 0.05) is 6.54 Å². The number of hydrogen-bond acceptors (Lipinski definition) is 3. The van der Waals surface area contributed by atoms with Gasteiger partial charge in [0.05, 0.1) is 12.5 Å². The van der Waals surface area contributed by atoms with E-state index in [0.29, 0.717) is 13.0 Å². The van der Waals surface area contributed by atoms with E-state index in [2.05, 4.69) is 33.1 Å². The zero-order valence-corrected chi connectivity index (χ0v) is 13.6. The van der Waals surface area contributed by atoms with Crippen molar-refractivity contribution in [2.45, 2.75) is 19.4 Å². The molecule has 1 atom stereocenters. The minimum Gasteiger partial charge on any atom is -0.354 e. The third-order valence-corrected chi connectivity index (χ3v) is 4.19. The van der Waals surface area contributed by atoms with Crippen molar-refractivity contribution in [2.24, 2.45) is 0 Å². The van der Waals surface area contributed by atoms with Gasteiger partial charge >= 0.3 is 0 Å². The quantitative estimate of drug-likeness (QED) is 0.889. The Morgan fingerprint density at radius 3 is 2.76 bits per heavy atom. The molecule has 21 heavy (non-hydrogen) atoms. The molecule has 1 aromatic heterocycles. The van der Waals surface area contributed by atoms with Gasteiger partial charge in [0.1, 0.15) is 0 Å². The highest BCUT2D eigenvalue weighted by atomic mass is 32.1. The maximum Gasteiger partial charge on any atom is 0.224 e. The molecule has 2 rings (SSSR count). The second kappa shape index (κ2) is 7.38. The number of aryl methyl sites for hydroxylation is 1. The van der Waals surface area contributed by atoms with Crippen molar-refractivity contribution in [1.82, 2.24) is 10.2 Å². The monoisotopic (exact) mass is 302 g/mol. The summed E-state index contributed by atoms with van der Waals surface area (Å²) in [5.74, 6) is 0.0719. The third-order valence-electron chi connectivity index (χ3n) is 3.49. The summed E-state index contributed by atoms with van der Waals surface area (Å²) in [6, 6.07) is 10.4. The summed E-state index contributed by atoms with van der Waals surface area (Å²) in [5.41, 5.74) is 3.50. The van der Waals surface area contributed by atoms with Crippen molar-refractivity contribution in [2.75, 3.05) is 20.6 Å². The first-order chi connectivity index (χ1) is 10.1. The number of hydrogen-bond donors (Lipinski definition) is 1. The van der Waals surface area contributed by atoms with Crippen LogP contribution in [0.25, 0.3) is 0 Å². The smallest absolute Gasteiger partial charge is 0.224 e. The summed E-state index contributed by atoms with van der Waals surface area (Å²) in [5, 5.41) is 7.25. The van der Waals surface area contributed by atoms with Crippen LogP contribution in [0.5, 0.6) is 0 Å². The van der Waals surface area contributed by atoms with E-state index in [9.17, 15) is 4.79 Å². The minimum atomic E-state index is 0.0719. The van der Waals surface area contributed by atoms with E-state index < -0.39 is 0 Å². The summed E-state index contributed by atoms with van der Waals surface area (Å²) in [6.07, 6.45) is 0.436. The minimum absolute atomic E-state index is 0.0719. The number of likely N-dealkylation sites (N-methyl/N-ethyl adjacent to an activating group) is 1. The van der Waals surface area contributed by atoms with E-state index in [0.717, 1.165) is 5.56 Å². The van der Waals surface area contributed by atoms with Crippen molar-refractivity contribution in [3.8, 4) is 0 Å². The lowest BCUT2D eigenvalue weighted by atomic mass is 10.1. The number of nitrogens with one attached hydrogen (secondary N) is 1. The molecule has 1 N–H and O–H groups in total. The first-order valence-corrected chi connectivity index (χ1v) is 8.01. The molecule has 112 valence electrons. The first-order valence-electron chi connectivity index (χ1n) is 7.07. The first kappa shape index (κ1) is 15.7. The molecule has 0 saturated heterocycles. The van der Waals surface area contributed by atoms with E-state index in [1.54, 1.807) is 11.3 Å². The number of rotatable bonds is 6. The number of nitrogens with zero attached hydrogens (tertiary/aromatic N) is 1. The highest BCUT2D eigenvalue weighted by Gasteiger charge is 2.15. The van der Waals surface area contributed by atoms with Gasteiger partial charge in [-0.2, -0.15) is 11.3 Å². The molecule has 0 fully saturated rings. The second-order valence-corrected chi connectivity index (χ2v) is 6.29. The highest BCUT2D eigenvalue weighted by Crippen LogP contribution is 2.20. The molecule has 1 amide bonds. The van der Waals surface area contributed by atoms with Crippen LogP contribution < -0.4 is 5.32 Å². The molecule has 0 aliphatic rings. The predicted molar refractivity (Wildman–Crippen MR) is 88.6 cm³/mol. The molecule has 1 aromatic carbocycles. The molecule has 0 aliphatic heterocycles. The number of thiophene rings is 1. The average Bonchev–Trinajstić information content (AvgIpc) is 2.92. The van der Waals surface area contributed by atoms with Crippen molar-refractivity contribution in [1.29, 1.82) is 0 Å². The van der Waals surface area contributed by atoms with Gasteiger partial charge in [-0.25, -0.2) is 0 Å². The molecule has 1 heterocycles. The highest BCUT2D eigenvalue weighted by molar-refractivity contribution is 7.07. The van der Waals surface area contributed by atoms with E-state index in [1.807, 2.05) is 39.2 Å². The molecule has 3 nitrogen and oxygen atoms in total. The van der Waals surface area contributed by atoms with Crippen molar-refractivity contribution in [3.63, 3.8) is 0 Å². The molecular formula is C17H22N2OS. The molecular weight excluding hydrogens is 280 g/mol. The van der Waals surface area contributed by atoms with E-state index in [4.69, 9.17) is 0 Å². The summed E-state index contributed by atoms with van der Waals surface area (Å²) in [4.78, 5) is 14.2. The number of carbonyl (C=O) groups is 1. The Morgan fingerprint density at radius 2 is 2.14 bits per heavy atom. The lowest BCUT2D eigenvalue weighted by Gasteiger charge is -2.24. The Labute approximate surface area is 130 Å². The van der Waals surface area contributed by atoms with Gasteiger partial charge in [-0.3, -0.25) is 4.79 Å². The molecule has 4 heteroatoms. The van der Waals surface area contributed by atoms with Crippen LogP contribution >= 0.6 is 11.3 Å². The zero-order valence-electron chi connectivity index (χ0n) is 12.8. The van der Waals surface area contributed by atoms with Crippen LogP contribution in [0.1, 0.15) is 22.7 Å². The Kier molecular flexibility index (Phi) is 5.53. The molecule has 2 aromatic rings. The fourth-order valence-electron chi connectivity index (χ4n) is 2.34. The maximum atomic E-state index is 12.1. The van der Waals surface area contributed by atoms with E-state index >= 15 is 0 Å². The van der Waals surface area contributed by atoms with Crippen LogP contribution in [0.3, 0.4) is 0 Å². The fourth-order valence-corrected chi connectivity index (χ4v) is 3.05. The normalized spacial score (nSPS) is 12.4. The molecule has 0 aliphatic carbocycles. The number of benzene rings is 1. The second-order valence-electron chi connectivity index (χ2n) is 5.51. The fraction of sp³-hybridized carbons (Fsp3) is 0.353. The van der Waals surface area contributed by atoms with Crippen LogP contribution in [0.15, 0.2) is 41.1 Å². The Bertz CT molecular complexity index is 578. The van der Waals surface area contributed by atoms with Crippen LogP contribution in [0.2, 0.25) is 0 Å². The lowest BCUT2D eigenvalue weighted by Crippen LogP contribution is -2.35. The summed E-state index contributed by atoms with van der Waals surface area (Å²) < 4.78 is 0. The van der Waals surface area contributed by atoms with E-state index in [-0.39, 0.29) is 11.9 Å². The molecule has 0 radical (unpaired) electrons. The van der Waals surface area contributed by atoms with Gasteiger partial charge in [0.2, 0.25) is 5.91 Å². The topological polar surface area (TPSA) is 32.3 Å². The van der Waals surface area contributed by atoms with Gasteiger partial charge in [-0.05, 0) is 49.0 Å². The molecule has 0 spiro atoms. The maximum absolute atomic E-state index is 12.1. The van der Waals surface area contributed by atoms with Crippen LogP contribution in [0.4, 0.5) is 0 Å². The lowest BCUT2D eigenvalue weighted by molar-refractivity contribution is -0.120. The Hall–Kier alpha value is -1.65. The SMILES string of the molecule is Cc1cccc(CC(=O)NCC(c2ccsc2)N(C)C)c1. The number of amides is 1. The van der Waals surface area contributed by atoms with Crippen LogP contribution in [0, 0.1) is 6.92 Å². The summed E-state index contributed by atoms with van der Waals surface area (Å²) in [6.45, 7) is 2.68. The summed E-state index contributed by atoms with van der Waals surface area (Å²) >= 11 is 1.68. The van der Waals surface area contributed by atoms with Gasteiger partial charge in [-0.15, -0.1) is 0 Å². The average molecular weight is 302 g/mol. The molecule has 0 saturated carbocycles. The standard InChI is InChI=1S/C17H22N2OS/c1-13-5-4-6-14(9-13)10-17(20)18-11-16(19(2)3)15-7-8-21-12-15/h4-9,12,16H,10-11H2,1-3H3,(H,18,20). The predicted octanol–water partition coefficient (Wildman–Crippen LogP) is 3.02. The van der Waals surface area contributed by atoms with Crippen molar-refractivity contribution < 1.29 is 4.79 Å². The zero-order chi connectivity index (χ0) is 15.2. The molecule has 1 unspecified atom stereocenters. The summed E-state index contributed by atoms with van der Waals surface area (Å²) in [7, 11) is 4.07. The van der Waals surface area contributed by atoms with Gasteiger partial charge in [0.25, 0.3) is 0 Å². The molecule has 0 bridgehead atoms. The van der Waals surface area contributed by atoms with Crippen molar-refractivity contribution in [3.05, 3.63) is 57.8 Å². The Morgan fingerprint density at radius 1 is 1.33 bits per heavy atom. The van der Waals surface area contributed by atoms with Gasteiger partial charge in [0.15, 0.2) is 0 Å². The van der Waals surface area contributed by atoms with E-state index in [1.165, 1.54) is 11.1 Å². The van der Waals surface area contributed by atoms with Crippen LogP contribution in [-0.4, -0.2) is 31.4 Å². The van der Waals surface area contributed by atoms with Crippen LogP contribution in [-0.2, 0) is 11.2 Å². The van der Waals surface area contributed by atoms with Gasteiger partial charge in [-0.1, -0.05) is 29.8 Å². The third kappa shape index (κ3) is 4.69. The number of carbonyl (C=O) groups excluding carboxylic acids is 1.